The Labute approximate surface area is 184 Å². The lowest BCUT2D eigenvalue weighted by atomic mass is 10.1. The molecule has 0 aliphatic carbocycles. The van der Waals surface area contributed by atoms with Gasteiger partial charge in [0.15, 0.2) is 0 Å². The van der Waals surface area contributed by atoms with Crippen LogP contribution in [-0.4, -0.2) is 65.0 Å². The molecular weight excluding hydrogens is 427 g/mol. The van der Waals surface area contributed by atoms with E-state index in [0.29, 0.717) is 56.4 Å². The topological polar surface area (TPSA) is 53.0 Å². The third-order valence-corrected chi connectivity index (χ3v) is 6.96. The molecule has 0 aromatic heterocycles. The largest absolute Gasteiger partial charge is 0.508 e. The van der Waals surface area contributed by atoms with Crippen molar-refractivity contribution in [1.29, 1.82) is 0 Å². The summed E-state index contributed by atoms with van der Waals surface area (Å²) < 4.78 is 18.6. The number of morpholine rings is 1. The molecule has 30 heavy (non-hydrogen) atoms. The van der Waals surface area contributed by atoms with Crippen LogP contribution in [0, 0.1) is 5.82 Å². The molecule has 2 aliphatic heterocycles. The van der Waals surface area contributed by atoms with Crippen LogP contribution < -0.4 is 0 Å². The van der Waals surface area contributed by atoms with Gasteiger partial charge in [0.2, 0.25) is 5.91 Å². The summed E-state index contributed by atoms with van der Waals surface area (Å²) in [5.41, 5.74) is 0.703. The third-order valence-electron chi connectivity index (χ3n) is 5.50. The van der Waals surface area contributed by atoms with Crippen LogP contribution in [0.3, 0.4) is 0 Å². The van der Waals surface area contributed by atoms with E-state index in [9.17, 15) is 14.3 Å². The van der Waals surface area contributed by atoms with Crippen LogP contribution in [0.1, 0.15) is 12.0 Å². The number of carbonyl (C=O) groups excluding carboxylic acids is 1. The molecule has 160 valence electrons. The van der Waals surface area contributed by atoms with E-state index in [-0.39, 0.29) is 28.8 Å². The quantitative estimate of drug-likeness (QED) is 0.751. The summed E-state index contributed by atoms with van der Waals surface area (Å²) in [6.07, 6.45) is 0.694. The first-order chi connectivity index (χ1) is 14.5. The number of phenolic OH excluding ortho intramolecular Hbond substituents is 1. The fourth-order valence-electron chi connectivity index (χ4n) is 3.98. The summed E-state index contributed by atoms with van der Waals surface area (Å²) >= 11 is 7.78. The van der Waals surface area contributed by atoms with E-state index in [2.05, 4.69) is 4.90 Å². The number of amides is 1. The van der Waals surface area contributed by atoms with Crippen LogP contribution in [0.4, 0.5) is 4.39 Å². The number of benzene rings is 2. The lowest BCUT2D eigenvalue weighted by molar-refractivity contribution is -0.140. The predicted octanol–water partition coefficient (Wildman–Crippen LogP) is 3.78. The molecule has 0 spiro atoms. The van der Waals surface area contributed by atoms with Crippen molar-refractivity contribution in [3.63, 3.8) is 0 Å². The van der Waals surface area contributed by atoms with Crippen molar-refractivity contribution < 1.29 is 19.0 Å². The van der Waals surface area contributed by atoms with E-state index in [1.807, 2.05) is 4.90 Å². The molecule has 2 saturated heterocycles. The van der Waals surface area contributed by atoms with E-state index in [0.717, 1.165) is 4.90 Å². The van der Waals surface area contributed by atoms with Crippen molar-refractivity contribution in [2.24, 2.45) is 0 Å². The maximum absolute atomic E-state index is 13.3. The van der Waals surface area contributed by atoms with Crippen LogP contribution in [0.25, 0.3) is 0 Å². The van der Waals surface area contributed by atoms with Crippen LogP contribution in [0.5, 0.6) is 5.75 Å². The Balaban J connectivity index is 1.52. The molecule has 4 rings (SSSR count). The minimum absolute atomic E-state index is 0.0991. The Morgan fingerprint density at radius 1 is 1.20 bits per heavy atom. The lowest BCUT2D eigenvalue weighted by Gasteiger charge is -2.32. The molecule has 1 N–H and O–H groups in total. The second-order valence-corrected chi connectivity index (χ2v) is 9.40. The zero-order valence-electron chi connectivity index (χ0n) is 16.5. The maximum Gasteiger partial charge on any atom is 0.240 e. The zero-order valence-corrected chi connectivity index (χ0v) is 18.0. The van der Waals surface area contributed by atoms with Crippen LogP contribution in [0.2, 0.25) is 5.02 Å². The molecule has 1 amide bonds. The molecular formula is C22H24ClFN2O3S. The minimum atomic E-state index is -0.278. The van der Waals surface area contributed by atoms with Crippen LogP contribution in [0.15, 0.2) is 47.4 Å². The van der Waals surface area contributed by atoms with E-state index in [1.165, 1.54) is 12.1 Å². The van der Waals surface area contributed by atoms with Crippen molar-refractivity contribution in [3.05, 3.63) is 58.9 Å². The summed E-state index contributed by atoms with van der Waals surface area (Å²) in [6.45, 7) is 3.44. The van der Waals surface area contributed by atoms with Gasteiger partial charge in [0.25, 0.3) is 0 Å². The van der Waals surface area contributed by atoms with Gasteiger partial charge in [-0.15, -0.1) is 11.8 Å². The molecule has 2 aliphatic rings. The SMILES string of the molecule is O=C([C@@H]1C[C@@H](Sc2ccc(F)cc2)CN1Cc1cc(Cl)ccc1O)N1CCOCC1. The van der Waals surface area contributed by atoms with Crippen molar-refractivity contribution >= 4 is 29.3 Å². The number of carbonyl (C=O) groups is 1. The fourth-order valence-corrected chi connectivity index (χ4v) is 5.40. The first-order valence-corrected chi connectivity index (χ1v) is 11.3. The Morgan fingerprint density at radius 3 is 2.67 bits per heavy atom. The van der Waals surface area contributed by atoms with E-state index in [4.69, 9.17) is 16.3 Å². The molecule has 2 aromatic rings. The first-order valence-electron chi connectivity index (χ1n) is 10.00. The number of likely N-dealkylation sites (tertiary alicyclic amines) is 1. The number of rotatable bonds is 5. The van der Waals surface area contributed by atoms with Gasteiger partial charge in [0.1, 0.15) is 11.6 Å². The molecule has 0 bridgehead atoms. The van der Waals surface area contributed by atoms with E-state index >= 15 is 0 Å². The van der Waals surface area contributed by atoms with E-state index in [1.54, 1.807) is 42.1 Å². The molecule has 2 atom stereocenters. The molecule has 0 radical (unpaired) electrons. The number of phenols is 1. The van der Waals surface area contributed by atoms with Crippen molar-refractivity contribution in [2.75, 3.05) is 32.8 Å². The van der Waals surface area contributed by atoms with Crippen molar-refractivity contribution in [2.45, 2.75) is 29.2 Å². The third kappa shape index (κ3) is 5.09. The second kappa shape index (κ2) is 9.56. The minimum Gasteiger partial charge on any atom is -0.508 e. The van der Waals surface area contributed by atoms with Gasteiger partial charge in [-0.2, -0.15) is 0 Å². The van der Waals surface area contributed by atoms with Crippen LogP contribution >= 0.6 is 23.4 Å². The van der Waals surface area contributed by atoms with Crippen molar-refractivity contribution in [1.82, 2.24) is 9.80 Å². The standard InChI is InChI=1S/C22H24ClFN2O3S/c23-16-1-6-21(27)15(11-16)13-26-14-19(30-18-4-2-17(24)3-5-18)12-20(26)22(28)25-7-9-29-10-8-25/h1-6,11,19-20,27H,7-10,12-14H2/t19-,20+/m1/s1. The number of nitrogens with zero attached hydrogens (tertiary/aromatic N) is 2. The van der Waals surface area contributed by atoms with Crippen LogP contribution in [-0.2, 0) is 16.1 Å². The molecule has 2 aromatic carbocycles. The molecule has 0 saturated carbocycles. The molecule has 2 heterocycles. The highest BCUT2D eigenvalue weighted by Gasteiger charge is 2.39. The van der Waals surface area contributed by atoms with Gasteiger partial charge >= 0.3 is 0 Å². The van der Waals surface area contributed by atoms with Gasteiger partial charge in [-0.25, -0.2) is 4.39 Å². The summed E-state index contributed by atoms with van der Waals surface area (Å²) in [4.78, 5) is 18.2. The highest BCUT2D eigenvalue weighted by atomic mass is 35.5. The van der Waals surface area contributed by atoms with Crippen molar-refractivity contribution in [3.8, 4) is 5.75 Å². The average molecular weight is 451 g/mol. The number of aromatic hydroxyl groups is 1. The highest BCUT2D eigenvalue weighted by Crippen LogP contribution is 2.35. The smallest absolute Gasteiger partial charge is 0.240 e. The number of hydrogen-bond donors (Lipinski definition) is 1. The molecule has 2 fully saturated rings. The molecule has 5 nitrogen and oxygen atoms in total. The Hall–Kier alpha value is -1.80. The summed E-state index contributed by atoms with van der Waals surface area (Å²) in [7, 11) is 0. The highest BCUT2D eigenvalue weighted by molar-refractivity contribution is 8.00. The van der Waals surface area contributed by atoms with E-state index < -0.39 is 0 Å². The number of hydrogen-bond acceptors (Lipinski definition) is 5. The Kier molecular flexibility index (Phi) is 6.83. The average Bonchev–Trinajstić information content (AvgIpc) is 3.14. The van der Waals surface area contributed by atoms with Gasteiger partial charge in [0.05, 0.1) is 19.3 Å². The number of halogens is 2. The van der Waals surface area contributed by atoms with Gasteiger partial charge in [-0.3, -0.25) is 9.69 Å². The molecule has 0 unspecified atom stereocenters. The Bertz CT molecular complexity index is 892. The Morgan fingerprint density at radius 2 is 1.93 bits per heavy atom. The van der Waals surface area contributed by atoms with Gasteiger partial charge in [-0.1, -0.05) is 11.6 Å². The van der Waals surface area contributed by atoms with Gasteiger partial charge in [0, 0.05) is 46.9 Å². The van der Waals surface area contributed by atoms with Gasteiger partial charge < -0.3 is 14.7 Å². The summed E-state index contributed by atoms with van der Waals surface area (Å²) in [5.74, 6) is 0.0119. The zero-order chi connectivity index (χ0) is 21.1. The normalized spacial score (nSPS) is 22.4. The second-order valence-electron chi connectivity index (χ2n) is 7.59. The number of ether oxygens (including phenoxy) is 1. The maximum atomic E-state index is 13.3. The summed E-state index contributed by atoms with van der Waals surface area (Å²) in [6, 6.07) is 11.1. The first kappa shape index (κ1) is 21.4. The predicted molar refractivity (Wildman–Crippen MR) is 115 cm³/mol. The number of thioether (sulfide) groups is 1. The lowest BCUT2D eigenvalue weighted by Crippen LogP contribution is -2.49. The molecule has 8 heteroatoms. The fraction of sp³-hybridized carbons (Fsp3) is 0.409. The monoisotopic (exact) mass is 450 g/mol. The summed E-state index contributed by atoms with van der Waals surface area (Å²) in [5, 5.41) is 11.0. The van der Waals surface area contributed by atoms with Gasteiger partial charge in [-0.05, 0) is 48.9 Å².